The average molecular weight is 907 g/mol. The van der Waals surface area contributed by atoms with Gasteiger partial charge in [0, 0.05) is 51.9 Å². The minimum absolute atomic E-state index is 0.152. The molecule has 17 heteroatoms. The Labute approximate surface area is 384 Å². The highest BCUT2D eigenvalue weighted by Gasteiger charge is 2.55. The van der Waals surface area contributed by atoms with Gasteiger partial charge in [0.2, 0.25) is 0 Å². The summed E-state index contributed by atoms with van der Waals surface area (Å²) < 4.78 is 27.2. The van der Waals surface area contributed by atoms with Crippen LogP contribution in [0.3, 0.4) is 0 Å². The number of nitrogens with two attached hydrogens (primary N) is 1. The maximum absolute atomic E-state index is 12.1. The van der Waals surface area contributed by atoms with Crippen molar-refractivity contribution < 1.29 is 42.9 Å². The first-order valence-corrected chi connectivity index (χ1v) is 24.1. The largest absolute Gasteiger partial charge is 0.444 e. The number of fused-ring (bicyclic) bond motifs is 2. The highest BCUT2D eigenvalue weighted by atomic mass is 16.6. The number of amides is 4. The number of piperidine rings is 4. The van der Waals surface area contributed by atoms with E-state index < -0.39 is 16.8 Å². The second-order valence-corrected chi connectivity index (χ2v) is 23.4. The van der Waals surface area contributed by atoms with E-state index in [4.69, 9.17) is 29.4 Å². The molecule has 0 aromatic rings. The molecule has 6 N–H and O–H groups in total. The van der Waals surface area contributed by atoms with Crippen molar-refractivity contribution in [2.75, 3.05) is 91.7 Å². The molecule has 4 unspecified atom stereocenters. The van der Waals surface area contributed by atoms with E-state index in [1.165, 1.54) is 6.42 Å². The summed E-state index contributed by atoms with van der Waals surface area (Å²) in [6.07, 6.45) is 4.55. The molecule has 6 aliphatic heterocycles. The lowest BCUT2D eigenvalue weighted by Gasteiger charge is -2.45. The SMILES string of the molecule is CC(C)(C)OC(=O)N1CC2C(N)C2C1.CC(C)(C)OC(=O)N1CCC2(CCNC2)CC1.CC(C)(C)OC(=O)N1CCOC2(CCNCC2)C1.CC(C)(C)OC(=O)NCC1C2CNCC21. The maximum atomic E-state index is 12.1. The first-order valence-electron chi connectivity index (χ1n) is 24.1. The fraction of sp³-hybridized carbons (Fsp3) is 0.915. The van der Waals surface area contributed by atoms with Gasteiger partial charge in [0.05, 0.1) is 18.8 Å². The molecule has 0 aromatic heterocycles. The Balaban J connectivity index is 0.000000161. The van der Waals surface area contributed by atoms with Crippen LogP contribution in [0.4, 0.5) is 19.2 Å². The number of morpholine rings is 1. The van der Waals surface area contributed by atoms with E-state index in [-0.39, 0.29) is 35.6 Å². The van der Waals surface area contributed by atoms with Crippen LogP contribution in [0.2, 0.25) is 0 Å². The first kappa shape index (κ1) is 51.9. The van der Waals surface area contributed by atoms with E-state index in [1.807, 2.05) is 88.0 Å². The van der Waals surface area contributed by atoms with E-state index >= 15 is 0 Å². The normalized spacial score (nSPS) is 28.7. The zero-order valence-electron chi connectivity index (χ0n) is 41.5. The van der Waals surface area contributed by atoms with Crippen LogP contribution < -0.4 is 27.0 Å². The minimum atomic E-state index is -0.434. The van der Waals surface area contributed by atoms with Gasteiger partial charge in [-0.25, -0.2) is 19.2 Å². The number of rotatable bonds is 2. The van der Waals surface area contributed by atoms with Gasteiger partial charge in [0.25, 0.3) is 0 Å². The Morgan fingerprint density at radius 2 is 1.09 bits per heavy atom. The standard InChI is InChI=1S/C13H24N2O3.C13H24N2O2.C11H20N2O2.C10H18N2O2/c1-12(2,3)18-11(16)15-8-9-17-13(10-15)4-6-14-7-5-13;1-12(2,3)17-11(16)15-8-5-13(6-9-15)4-7-14-10-13;1-11(2,3)15-10(14)13-6-9-7-4-12-5-8(7)9;1-10(2,3)14-9(13)12-4-6-7(5-12)8(6)11/h14H,4-10H2,1-3H3;14H,4-10H2,1-3H3;7-9,12H,4-6H2,1-3H3,(H,13,14);6-8H,4-5,11H2,1-3H3. The molecule has 4 atom stereocenters. The number of hydrogen-bond acceptors (Lipinski definition) is 13. The van der Waals surface area contributed by atoms with Crippen molar-refractivity contribution in [3.05, 3.63) is 0 Å². The molecule has 4 amide bonds. The predicted molar refractivity (Wildman–Crippen MR) is 246 cm³/mol. The molecule has 0 radical (unpaired) electrons. The summed E-state index contributed by atoms with van der Waals surface area (Å²) in [4.78, 5) is 52.4. The summed E-state index contributed by atoms with van der Waals surface area (Å²) >= 11 is 0. The van der Waals surface area contributed by atoms with Gasteiger partial charge in [-0.1, -0.05) is 0 Å². The Hall–Kier alpha value is -3.12. The number of ether oxygens (including phenoxy) is 5. The lowest BCUT2D eigenvalue weighted by atomic mass is 9.78. The van der Waals surface area contributed by atoms with Crippen LogP contribution in [0.15, 0.2) is 0 Å². The predicted octanol–water partition coefficient (Wildman–Crippen LogP) is 5.16. The molecule has 0 bridgehead atoms. The number of carbonyl (C=O) groups excluding carboxylic acids is 4. The van der Waals surface area contributed by atoms with E-state index in [0.717, 1.165) is 110 Å². The van der Waals surface area contributed by atoms with Crippen LogP contribution in [0.5, 0.6) is 0 Å². The molecule has 8 aliphatic rings. The number of likely N-dealkylation sites (tertiary alicyclic amines) is 2. The lowest BCUT2D eigenvalue weighted by Crippen LogP contribution is -2.58. The number of hydrogen-bond donors (Lipinski definition) is 5. The molecule has 368 valence electrons. The van der Waals surface area contributed by atoms with Gasteiger partial charge in [-0.05, 0) is 183 Å². The summed E-state index contributed by atoms with van der Waals surface area (Å²) in [6.45, 7) is 35.0. The highest BCUT2D eigenvalue weighted by molar-refractivity contribution is 5.69. The summed E-state index contributed by atoms with van der Waals surface area (Å²) in [6, 6.07) is 0.327. The Morgan fingerprint density at radius 1 is 0.609 bits per heavy atom. The van der Waals surface area contributed by atoms with Gasteiger partial charge < -0.3 is 65.4 Å². The second kappa shape index (κ2) is 20.8. The molecule has 8 fully saturated rings. The Bertz CT molecular complexity index is 1540. The molecule has 17 nitrogen and oxygen atoms in total. The first-order chi connectivity index (χ1) is 29.7. The van der Waals surface area contributed by atoms with Crippen molar-refractivity contribution in [3.8, 4) is 0 Å². The number of nitrogens with zero attached hydrogens (tertiary/aromatic N) is 3. The fourth-order valence-corrected chi connectivity index (χ4v) is 9.64. The molecular formula is C47H86N8O9. The van der Waals surface area contributed by atoms with Crippen LogP contribution in [0.1, 0.15) is 115 Å². The van der Waals surface area contributed by atoms with Crippen molar-refractivity contribution in [3.63, 3.8) is 0 Å². The monoisotopic (exact) mass is 907 g/mol. The highest BCUT2D eigenvalue weighted by Crippen LogP contribution is 2.48. The smallest absolute Gasteiger partial charge is 0.410 e. The van der Waals surface area contributed by atoms with Crippen LogP contribution in [-0.2, 0) is 23.7 Å². The van der Waals surface area contributed by atoms with Crippen molar-refractivity contribution in [1.29, 1.82) is 0 Å². The zero-order chi connectivity index (χ0) is 47.3. The van der Waals surface area contributed by atoms with Crippen molar-refractivity contribution >= 4 is 24.4 Å². The number of alkyl carbamates (subject to hydrolysis) is 1. The average Bonchev–Trinajstić information content (AvgIpc) is 3.62. The van der Waals surface area contributed by atoms with Gasteiger partial charge in [0.1, 0.15) is 22.4 Å². The molecule has 8 rings (SSSR count). The topological polar surface area (TPSA) is 198 Å². The minimum Gasteiger partial charge on any atom is -0.444 e. The van der Waals surface area contributed by atoms with Crippen LogP contribution in [0, 0.1) is 35.0 Å². The van der Waals surface area contributed by atoms with Crippen LogP contribution in [0.25, 0.3) is 0 Å². The van der Waals surface area contributed by atoms with Gasteiger partial charge in [-0.15, -0.1) is 0 Å². The van der Waals surface area contributed by atoms with Gasteiger partial charge in [0.15, 0.2) is 0 Å². The third-order valence-corrected chi connectivity index (χ3v) is 13.3. The molecular weight excluding hydrogens is 821 g/mol. The third-order valence-electron chi connectivity index (χ3n) is 13.3. The summed E-state index contributed by atoms with van der Waals surface area (Å²) in [7, 11) is 0. The van der Waals surface area contributed by atoms with Crippen LogP contribution in [-0.4, -0.2) is 165 Å². The lowest BCUT2D eigenvalue weighted by molar-refractivity contribution is -0.121. The van der Waals surface area contributed by atoms with E-state index in [9.17, 15) is 19.2 Å². The van der Waals surface area contributed by atoms with Gasteiger partial charge in [-0.3, -0.25) is 0 Å². The van der Waals surface area contributed by atoms with E-state index in [1.54, 1.807) is 9.80 Å². The Morgan fingerprint density at radius 3 is 1.58 bits per heavy atom. The maximum Gasteiger partial charge on any atom is 0.410 e. The second-order valence-electron chi connectivity index (χ2n) is 23.4. The van der Waals surface area contributed by atoms with Gasteiger partial charge >= 0.3 is 24.4 Å². The quantitative estimate of drug-likeness (QED) is 0.228. The van der Waals surface area contributed by atoms with Crippen molar-refractivity contribution in [2.45, 2.75) is 149 Å². The molecule has 2 aliphatic carbocycles. The molecule has 6 heterocycles. The van der Waals surface area contributed by atoms with E-state index in [0.29, 0.717) is 48.9 Å². The molecule has 6 saturated heterocycles. The van der Waals surface area contributed by atoms with Crippen molar-refractivity contribution in [2.24, 2.45) is 40.7 Å². The van der Waals surface area contributed by atoms with Crippen LogP contribution >= 0.6 is 0 Å². The van der Waals surface area contributed by atoms with E-state index in [2.05, 4.69) is 21.3 Å². The number of nitrogens with one attached hydrogen (secondary N) is 4. The molecule has 2 spiro atoms. The molecule has 2 saturated carbocycles. The summed E-state index contributed by atoms with van der Waals surface area (Å²) in [5.74, 6) is 3.32. The Kier molecular flexibility index (Phi) is 16.9. The van der Waals surface area contributed by atoms with Gasteiger partial charge in [-0.2, -0.15) is 0 Å². The third kappa shape index (κ3) is 16.0. The zero-order valence-corrected chi connectivity index (χ0v) is 41.5. The molecule has 64 heavy (non-hydrogen) atoms. The summed E-state index contributed by atoms with van der Waals surface area (Å²) in [5, 5.41) is 12.9. The molecule has 0 aromatic carbocycles. The van der Waals surface area contributed by atoms with Crippen molar-refractivity contribution in [1.82, 2.24) is 36.0 Å². The fourth-order valence-electron chi connectivity index (χ4n) is 9.64. The summed E-state index contributed by atoms with van der Waals surface area (Å²) in [5.41, 5.74) is 4.47. The number of carbonyl (C=O) groups is 4.